The predicted molar refractivity (Wildman–Crippen MR) is 58.3 cm³/mol. The Kier molecular flexibility index (Phi) is 2.87. The van der Waals surface area contributed by atoms with Gasteiger partial charge in [-0.05, 0) is 12.1 Å². The van der Waals surface area contributed by atoms with E-state index < -0.39 is 0 Å². The van der Waals surface area contributed by atoms with Gasteiger partial charge in [0.05, 0.1) is 12.5 Å². The SMILES string of the molecule is CC(C)NCc1cnc(-c2ccco2)[nH]1. The Balaban J connectivity index is 2.04. The highest BCUT2D eigenvalue weighted by molar-refractivity contribution is 5.46. The Morgan fingerprint density at radius 3 is 3.07 bits per heavy atom. The molecule has 2 aromatic heterocycles. The molecule has 2 aromatic rings. The van der Waals surface area contributed by atoms with Crippen LogP contribution in [0.1, 0.15) is 19.5 Å². The Morgan fingerprint density at radius 2 is 2.40 bits per heavy atom. The number of furan rings is 1. The van der Waals surface area contributed by atoms with Crippen molar-refractivity contribution in [2.75, 3.05) is 0 Å². The van der Waals surface area contributed by atoms with Gasteiger partial charge in [0.2, 0.25) is 0 Å². The fourth-order valence-corrected chi connectivity index (χ4v) is 1.30. The van der Waals surface area contributed by atoms with Gasteiger partial charge >= 0.3 is 0 Å². The lowest BCUT2D eigenvalue weighted by atomic mass is 10.3. The van der Waals surface area contributed by atoms with Crippen LogP contribution in [0.4, 0.5) is 0 Å². The summed E-state index contributed by atoms with van der Waals surface area (Å²) in [5, 5.41) is 3.32. The topological polar surface area (TPSA) is 53.9 Å². The van der Waals surface area contributed by atoms with E-state index in [1.54, 1.807) is 6.26 Å². The Labute approximate surface area is 88.7 Å². The van der Waals surface area contributed by atoms with Crippen LogP contribution >= 0.6 is 0 Å². The lowest BCUT2D eigenvalue weighted by Gasteiger charge is -2.05. The molecule has 0 unspecified atom stereocenters. The molecule has 2 heterocycles. The largest absolute Gasteiger partial charge is 0.461 e. The number of hydrogen-bond donors (Lipinski definition) is 2. The van der Waals surface area contributed by atoms with Gasteiger partial charge in [0, 0.05) is 18.3 Å². The lowest BCUT2D eigenvalue weighted by molar-refractivity contribution is 0.574. The first-order valence-electron chi connectivity index (χ1n) is 5.07. The molecule has 0 saturated carbocycles. The van der Waals surface area contributed by atoms with Crippen LogP contribution in [0.3, 0.4) is 0 Å². The van der Waals surface area contributed by atoms with E-state index in [9.17, 15) is 0 Å². The number of aromatic amines is 1. The summed E-state index contributed by atoms with van der Waals surface area (Å²) in [6.45, 7) is 5.03. The number of nitrogens with one attached hydrogen (secondary N) is 2. The zero-order valence-corrected chi connectivity index (χ0v) is 8.95. The molecular formula is C11H15N3O. The van der Waals surface area contributed by atoms with Crippen LogP contribution in [0.5, 0.6) is 0 Å². The maximum Gasteiger partial charge on any atom is 0.173 e. The van der Waals surface area contributed by atoms with Crippen LogP contribution in [-0.2, 0) is 6.54 Å². The second kappa shape index (κ2) is 4.31. The average molecular weight is 205 g/mol. The fourth-order valence-electron chi connectivity index (χ4n) is 1.30. The van der Waals surface area contributed by atoms with E-state index in [1.165, 1.54) is 0 Å². The summed E-state index contributed by atoms with van der Waals surface area (Å²) >= 11 is 0. The number of hydrogen-bond acceptors (Lipinski definition) is 3. The van der Waals surface area contributed by atoms with Crippen molar-refractivity contribution in [1.82, 2.24) is 15.3 Å². The van der Waals surface area contributed by atoms with Crippen molar-refractivity contribution in [3.05, 3.63) is 30.3 Å². The lowest BCUT2D eigenvalue weighted by Crippen LogP contribution is -2.21. The predicted octanol–water partition coefficient (Wildman–Crippen LogP) is 2.17. The number of rotatable bonds is 4. The molecule has 0 aromatic carbocycles. The molecule has 0 aliphatic heterocycles. The van der Waals surface area contributed by atoms with Gasteiger partial charge in [0.15, 0.2) is 11.6 Å². The van der Waals surface area contributed by atoms with Crippen LogP contribution < -0.4 is 5.32 Å². The third kappa shape index (κ3) is 2.47. The second-order valence-electron chi connectivity index (χ2n) is 3.77. The van der Waals surface area contributed by atoms with Crippen molar-refractivity contribution >= 4 is 0 Å². The van der Waals surface area contributed by atoms with Crippen LogP contribution in [0.2, 0.25) is 0 Å². The number of H-pyrrole nitrogens is 1. The molecule has 0 atom stereocenters. The molecule has 4 nitrogen and oxygen atoms in total. The van der Waals surface area contributed by atoms with Crippen LogP contribution in [0.15, 0.2) is 29.0 Å². The van der Waals surface area contributed by atoms with Gasteiger partial charge in [-0.25, -0.2) is 4.98 Å². The van der Waals surface area contributed by atoms with Crippen LogP contribution in [-0.4, -0.2) is 16.0 Å². The van der Waals surface area contributed by atoms with Crippen molar-refractivity contribution < 1.29 is 4.42 Å². The van der Waals surface area contributed by atoms with Gasteiger partial charge in [-0.1, -0.05) is 13.8 Å². The van der Waals surface area contributed by atoms with E-state index in [1.807, 2.05) is 18.3 Å². The summed E-state index contributed by atoms with van der Waals surface area (Å²) in [5.41, 5.74) is 1.06. The van der Waals surface area contributed by atoms with E-state index in [4.69, 9.17) is 4.42 Å². The summed E-state index contributed by atoms with van der Waals surface area (Å²) in [4.78, 5) is 7.45. The number of imidazole rings is 1. The Morgan fingerprint density at radius 1 is 1.53 bits per heavy atom. The van der Waals surface area contributed by atoms with E-state index in [0.717, 1.165) is 23.8 Å². The monoisotopic (exact) mass is 205 g/mol. The molecule has 0 bridgehead atoms. The molecular weight excluding hydrogens is 190 g/mol. The molecule has 2 rings (SSSR count). The number of aromatic nitrogens is 2. The van der Waals surface area contributed by atoms with Gasteiger partial charge in [-0.15, -0.1) is 0 Å². The summed E-state index contributed by atoms with van der Waals surface area (Å²) < 4.78 is 5.24. The van der Waals surface area contributed by atoms with E-state index in [0.29, 0.717) is 6.04 Å². The second-order valence-corrected chi connectivity index (χ2v) is 3.77. The molecule has 0 fully saturated rings. The van der Waals surface area contributed by atoms with Crippen molar-refractivity contribution in [3.63, 3.8) is 0 Å². The minimum Gasteiger partial charge on any atom is -0.461 e. The maximum atomic E-state index is 5.24. The highest BCUT2D eigenvalue weighted by atomic mass is 16.3. The fraction of sp³-hybridized carbons (Fsp3) is 0.364. The molecule has 80 valence electrons. The summed E-state index contributed by atoms with van der Waals surface area (Å²) in [5.74, 6) is 1.55. The summed E-state index contributed by atoms with van der Waals surface area (Å²) in [6, 6.07) is 4.21. The molecule has 0 saturated heterocycles. The van der Waals surface area contributed by atoms with Gasteiger partial charge < -0.3 is 14.7 Å². The van der Waals surface area contributed by atoms with Gasteiger partial charge in [-0.3, -0.25) is 0 Å². The zero-order chi connectivity index (χ0) is 10.7. The molecule has 0 aliphatic rings. The molecule has 4 heteroatoms. The van der Waals surface area contributed by atoms with E-state index in [2.05, 4.69) is 29.1 Å². The first kappa shape index (κ1) is 9.98. The Hall–Kier alpha value is -1.55. The van der Waals surface area contributed by atoms with Crippen molar-refractivity contribution in [1.29, 1.82) is 0 Å². The maximum absolute atomic E-state index is 5.24. The smallest absolute Gasteiger partial charge is 0.173 e. The molecule has 15 heavy (non-hydrogen) atoms. The minimum atomic E-state index is 0.473. The standard InChI is InChI=1S/C11H15N3O/c1-8(2)12-6-9-7-13-11(14-9)10-4-3-5-15-10/h3-5,7-8,12H,6H2,1-2H3,(H,13,14). The van der Waals surface area contributed by atoms with Gasteiger partial charge in [-0.2, -0.15) is 0 Å². The van der Waals surface area contributed by atoms with E-state index in [-0.39, 0.29) is 0 Å². The highest BCUT2D eigenvalue weighted by Gasteiger charge is 2.05. The molecule has 0 aliphatic carbocycles. The third-order valence-electron chi connectivity index (χ3n) is 2.08. The normalized spacial score (nSPS) is 11.1. The minimum absolute atomic E-state index is 0.473. The van der Waals surface area contributed by atoms with Crippen LogP contribution in [0.25, 0.3) is 11.6 Å². The number of nitrogens with zero attached hydrogens (tertiary/aromatic N) is 1. The van der Waals surface area contributed by atoms with Gasteiger partial charge in [0.1, 0.15) is 0 Å². The molecule has 2 N–H and O–H groups in total. The van der Waals surface area contributed by atoms with Crippen molar-refractivity contribution in [2.45, 2.75) is 26.4 Å². The quantitative estimate of drug-likeness (QED) is 0.804. The first-order valence-corrected chi connectivity index (χ1v) is 5.07. The van der Waals surface area contributed by atoms with Crippen LogP contribution in [0, 0.1) is 0 Å². The first-order chi connectivity index (χ1) is 7.25. The molecule has 0 amide bonds. The Bertz CT molecular complexity index is 403. The summed E-state index contributed by atoms with van der Waals surface area (Å²) in [7, 11) is 0. The molecule has 0 spiro atoms. The van der Waals surface area contributed by atoms with Crippen molar-refractivity contribution in [2.24, 2.45) is 0 Å². The molecule has 0 radical (unpaired) electrons. The zero-order valence-electron chi connectivity index (χ0n) is 8.95. The van der Waals surface area contributed by atoms with Crippen molar-refractivity contribution in [3.8, 4) is 11.6 Å². The van der Waals surface area contributed by atoms with E-state index >= 15 is 0 Å². The third-order valence-corrected chi connectivity index (χ3v) is 2.08. The van der Waals surface area contributed by atoms with Gasteiger partial charge in [0.25, 0.3) is 0 Å². The summed E-state index contributed by atoms with van der Waals surface area (Å²) in [6.07, 6.45) is 3.47. The highest BCUT2D eigenvalue weighted by Crippen LogP contribution is 2.15. The average Bonchev–Trinajstić information content (AvgIpc) is 2.85.